The van der Waals surface area contributed by atoms with Crippen LogP contribution in [0.4, 0.5) is 8.78 Å². The number of hydrogen-bond donors (Lipinski definition) is 2. The Bertz CT molecular complexity index is 1210. The SMILES string of the molecule is Fc1ccc(C(OCC=C2C[C@H]3CC[C@@H](C2)N3Cc2ccccc2)c2ccc(F)cc2)cc1.O=C(O)C(=O)O. The first-order chi connectivity index (χ1) is 18.8. The monoisotopic (exact) mass is 535 g/mol. The zero-order valence-electron chi connectivity index (χ0n) is 21.4. The largest absolute Gasteiger partial charge is 0.473 e. The third kappa shape index (κ3) is 7.81. The van der Waals surface area contributed by atoms with Crippen LogP contribution < -0.4 is 0 Å². The van der Waals surface area contributed by atoms with Crippen molar-refractivity contribution in [1.29, 1.82) is 0 Å². The van der Waals surface area contributed by atoms with Crippen molar-refractivity contribution >= 4 is 11.9 Å². The quantitative estimate of drug-likeness (QED) is 0.286. The van der Waals surface area contributed by atoms with E-state index in [1.165, 1.54) is 48.2 Å². The summed E-state index contributed by atoms with van der Waals surface area (Å²) in [6.45, 7) is 1.50. The van der Waals surface area contributed by atoms with Gasteiger partial charge in [0.1, 0.15) is 17.7 Å². The Hall–Kier alpha value is -3.88. The highest BCUT2D eigenvalue weighted by Crippen LogP contribution is 2.39. The summed E-state index contributed by atoms with van der Waals surface area (Å²) in [6.07, 6.45) is 6.55. The Kier molecular flexibility index (Phi) is 9.57. The van der Waals surface area contributed by atoms with Crippen molar-refractivity contribution in [1.82, 2.24) is 4.90 Å². The van der Waals surface area contributed by atoms with Crippen LogP contribution in [-0.4, -0.2) is 45.7 Å². The van der Waals surface area contributed by atoms with E-state index in [0.29, 0.717) is 18.7 Å². The number of carboxylic acids is 2. The summed E-state index contributed by atoms with van der Waals surface area (Å²) in [5.41, 5.74) is 4.56. The number of benzene rings is 3. The van der Waals surface area contributed by atoms with Gasteiger partial charge in [-0.2, -0.15) is 0 Å². The average molecular weight is 536 g/mol. The minimum Gasteiger partial charge on any atom is -0.473 e. The number of rotatable bonds is 7. The van der Waals surface area contributed by atoms with Crippen molar-refractivity contribution in [3.63, 3.8) is 0 Å². The second-order valence-corrected chi connectivity index (χ2v) is 9.74. The van der Waals surface area contributed by atoms with Gasteiger partial charge in [0.15, 0.2) is 0 Å². The molecule has 0 spiro atoms. The molecule has 2 aliphatic rings. The highest BCUT2D eigenvalue weighted by atomic mass is 19.1. The Balaban J connectivity index is 0.000000531. The molecule has 2 atom stereocenters. The predicted octanol–water partition coefficient (Wildman–Crippen LogP) is 5.98. The Morgan fingerprint density at radius 3 is 1.77 bits per heavy atom. The van der Waals surface area contributed by atoms with E-state index >= 15 is 0 Å². The number of hydrogen-bond acceptors (Lipinski definition) is 4. The van der Waals surface area contributed by atoms with Crippen LogP contribution in [0, 0.1) is 11.6 Å². The summed E-state index contributed by atoms with van der Waals surface area (Å²) in [6, 6.07) is 24.6. The smallest absolute Gasteiger partial charge is 0.414 e. The lowest BCUT2D eigenvalue weighted by Crippen LogP contribution is -2.39. The number of carboxylic acid groups (broad SMARTS) is 2. The molecule has 6 nitrogen and oxygen atoms in total. The third-order valence-corrected chi connectivity index (χ3v) is 7.14. The first-order valence-electron chi connectivity index (χ1n) is 12.9. The fourth-order valence-corrected chi connectivity index (χ4v) is 5.28. The molecule has 2 heterocycles. The lowest BCUT2D eigenvalue weighted by Gasteiger charge is -2.36. The van der Waals surface area contributed by atoms with Crippen molar-refractivity contribution in [2.75, 3.05) is 6.61 Å². The predicted molar refractivity (Wildman–Crippen MR) is 142 cm³/mol. The van der Waals surface area contributed by atoms with E-state index in [1.807, 2.05) is 0 Å². The lowest BCUT2D eigenvalue weighted by atomic mass is 9.95. The molecule has 2 fully saturated rings. The molecule has 0 saturated carbocycles. The van der Waals surface area contributed by atoms with E-state index in [1.54, 1.807) is 24.3 Å². The fraction of sp³-hybridized carbons (Fsp3) is 0.290. The molecule has 2 aliphatic heterocycles. The summed E-state index contributed by atoms with van der Waals surface area (Å²) in [4.78, 5) is 20.9. The van der Waals surface area contributed by atoms with E-state index in [2.05, 4.69) is 41.3 Å². The van der Waals surface area contributed by atoms with Gasteiger partial charge in [0.2, 0.25) is 0 Å². The van der Waals surface area contributed by atoms with E-state index in [0.717, 1.165) is 30.5 Å². The highest BCUT2D eigenvalue weighted by Gasteiger charge is 2.38. The van der Waals surface area contributed by atoms with Crippen LogP contribution in [-0.2, 0) is 20.9 Å². The molecule has 5 rings (SSSR count). The second-order valence-electron chi connectivity index (χ2n) is 9.74. The van der Waals surface area contributed by atoms with E-state index in [4.69, 9.17) is 24.5 Å². The topological polar surface area (TPSA) is 87.1 Å². The van der Waals surface area contributed by atoms with Gasteiger partial charge in [-0.1, -0.05) is 66.2 Å². The molecule has 0 aromatic heterocycles. The maximum atomic E-state index is 13.4. The number of fused-ring (bicyclic) bond motifs is 2. The molecule has 2 bridgehead atoms. The first kappa shape index (κ1) is 28.1. The zero-order valence-corrected chi connectivity index (χ0v) is 21.4. The summed E-state index contributed by atoms with van der Waals surface area (Å²) in [5, 5.41) is 14.8. The van der Waals surface area contributed by atoms with Crippen molar-refractivity contribution in [3.05, 3.63) is 119 Å². The third-order valence-electron chi connectivity index (χ3n) is 7.14. The first-order valence-corrected chi connectivity index (χ1v) is 12.9. The molecule has 204 valence electrons. The van der Waals surface area contributed by atoms with Gasteiger partial charge in [0.25, 0.3) is 0 Å². The van der Waals surface area contributed by atoms with Crippen LogP contribution in [0.15, 0.2) is 90.5 Å². The number of aliphatic carboxylic acids is 2. The van der Waals surface area contributed by atoms with Gasteiger partial charge in [-0.25, -0.2) is 18.4 Å². The highest BCUT2D eigenvalue weighted by molar-refractivity contribution is 6.27. The Morgan fingerprint density at radius 2 is 1.31 bits per heavy atom. The van der Waals surface area contributed by atoms with Crippen molar-refractivity contribution < 1.29 is 33.3 Å². The standard InChI is InChI=1S/C29H29F2NO.C2H2O4/c30-25-10-6-23(7-11-25)29(24-8-12-26(31)13-9-24)33-17-16-22-18-27-14-15-28(19-22)32(27)20-21-4-2-1-3-5-21;3-1(4)2(5)6/h1-13,16,27-29H,14-15,17-20H2;(H,3,4)(H,5,6)/t27-,28+;. The molecule has 0 unspecified atom stereocenters. The van der Waals surface area contributed by atoms with Crippen molar-refractivity contribution in [3.8, 4) is 0 Å². The molecule has 2 N–H and O–H groups in total. The maximum Gasteiger partial charge on any atom is 0.414 e. The van der Waals surface area contributed by atoms with Gasteiger partial charge >= 0.3 is 11.9 Å². The number of carbonyl (C=O) groups is 2. The van der Waals surface area contributed by atoms with Gasteiger partial charge < -0.3 is 14.9 Å². The van der Waals surface area contributed by atoms with Crippen LogP contribution in [0.5, 0.6) is 0 Å². The van der Waals surface area contributed by atoms with Crippen LogP contribution in [0.2, 0.25) is 0 Å². The summed E-state index contributed by atoms with van der Waals surface area (Å²) >= 11 is 0. The van der Waals surface area contributed by atoms with Crippen LogP contribution >= 0.6 is 0 Å². The second kappa shape index (κ2) is 13.3. The van der Waals surface area contributed by atoms with E-state index in [9.17, 15) is 8.78 Å². The molecular weight excluding hydrogens is 504 g/mol. The molecule has 3 aromatic rings. The number of nitrogens with zero attached hydrogens (tertiary/aromatic N) is 1. The zero-order chi connectivity index (χ0) is 27.8. The normalized spacial score (nSPS) is 19.5. The van der Waals surface area contributed by atoms with Crippen LogP contribution in [0.25, 0.3) is 0 Å². The maximum absolute atomic E-state index is 13.4. The molecule has 3 aromatic carbocycles. The molecule has 0 radical (unpaired) electrons. The summed E-state index contributed by atoms with van der Waals surface area (Å²) in [5.74, 6) is -4.21. The average Bonchev–Trinajstić information content (AvgIpc) is 3.15. The van der Waals surface area contributed by atoms with Crippen molar-refractivity contribution in [2.24, 2.45) is 0 Å². The molecule has 39 heavy (non-hydrogen) atoms. The molecular formula is C31H31F2NO5. The van der Waals surface area contributed by atoms with Crippen LogP contribution in [0.3, 0.4) is 0 Å². The minimum atomic E-state index is -1.82. The molecule has 2 saturated heterocycles. The molecule has 0 amide bonds. The van der Waals surface area contributed by atoms with Gasteiger partial charge in [-0.15, -0.1) is 0 Å². The van der Waals surface area contributed by atoms with Gasteiger partial charge in [0.05, 0.1) is 6.61 Å². The van der Waals surface area contributed by atoms with Crippen molar-refractivity contribution in [2.45, 2.75) is 50.4 Å². The molecule has 8 heteroatoms. The number of halogens is 2. The Morgan fingerprint density at radius 1 is 0.821 bits per heavy atom. The van der Waals surface area contributed by atoms with Gasteiger partial charge in [0, 0.05) is 18.6 Å². The van der Waals surface area contributed by atoms with Gasteiger partial charge in [-0.05, 0) is 66.6 Å². The van der Waals surface area contributed by atoms with Gasteiger partial charge in [-0.3, -0.25) is 4.90 Å². The summed E-state index contributed by atoms with van der Waals surface area (Å²) < 4.78 is 33.2. The van der Waals surface area contributed by atoms with Crippen LogP contribution in [0.1, 0.15) is 48.5 Å². The van der Waals surface area contributed by atoms with E-state index in [-0.39, 0.29) is 17.7 Å². The number of ether oxygens (including phenoxy) is 1. The molecule has 0 aliphatic carbocycles. The fourth-order valence-electron chi connectivity index (χ4n) is 5.28. The summed E-state index contributed by atoms with van der Waals surface area (Å²) in [7, 11) is 0. The Labute approximate surface area is 226 Å². The minimum absolute atomic E-state index is 0.281. The lowest BCUT2D eigenvalue weighted by molar-refractivity contribution is -0.159. The van der Waals surface area contributed by atoms with E-state index < -0.39 is 11.9 Å². The number of piperidine rings is 1.